The molecule has 6 nitrogen and oxygen atoms in total. The maximum Gasteiger partial charge on any atom is 0.176 e. The van der Waals surface area contributed by atoms with Gasteiger partial charge in [-0.1, -0.05) is 23.7 Å². The third-order valence-electron chi connectivity index (χ3n) is 3.71. The number of methoxy groups -OCH3 is 2. The summed E-state index contributed by atoms with van der Waals surface area (Å²) in [6.07, 6.45) is 0. The predicted octanol–water partition coefficient (Wildman–Crippen LogP) is 4.05. The summed E-state index contributed by atoms with van der Waals surface area (Å²) in [6.45, 7) is 0. The Morgan fingerprint density at radius 3 is 2.56 bits per heavy atom. The average Bonchev–Trinajstić information content (AvgIpc) is 2.92. The Kier molecular flexibility index (Phi) is 4.96. The summed E-state index contributed by atoms with van der Waals surface area (Å²) in [5.74, 6) is 1.76. The Balaban J connectivity index is 1.85. The summed E-state index contributed by atoms with van der Waals surface area (Å²) in [5, 5.41) is 12.5. The van der Waals surface area contributed by atoms with Gasteiger partial charge in [0.15, 0.2) is 10.9 Å². The van der Waals surface area contributed by atoms with Crippen molar-refractivity contribution in [3.8, 4) is 11.5 Å². The zero-order valence-electron chi connectivity index (χ0n) is 14.0. The minimum Gasteiger partial charge on any atom is -0.495 e. The van der Waals surface area contributed by atoms with Crippen LogP contribution in [0.5, 0.6) is 11.5 Å². The van der Waals surface area contributed by atoms with Crippen molar-refractivity contribution in [1.29, 1.82) is 0 Å². The normalized spacial score (nSPS) is 10.6. The van der Waals surface area contributed by atoms with Crippen LogP contribution in [-0.4, -0.2) is 29.1 Å². The Hall–Kier alpha value is -2.51. The third kappa shape index (κ3) is 3.47. The van der Waals surface area contributed by atoms with Gasteiger partial charge in [0, 0.05) is 24.6 Å². The number of rotatable bonds is 4. The number of hydrogen-bond donors (Lipinski definition) is 2. The number of halogens is 1. The van der Waals surface area contributed by atoms with Gasteiger partial charge in [0.1, 0.15) is 11.5 Å². The number of ether oxygens (including phenoxy) is 2. The summed E-state index contributed by atoms with van der Waals surface area (Å²) in [6, 6.07) is 11.3. The molecule has 1 heterocycles. The quantitative estimate of drug-likeness (QED) is 0.670. The molecule has 0 aliphatic rings. The number of nitrogens with zero attached hydrogens (tertiary/aromatic N) is 2. The zero-order valence-corrected chi connectivity index (χ0v) is 15.5. The number of fused-ring (bicyclic) bond motifs is 1. The lowest BCUT2D eigenvalue weighted by Gasteiger charge is -2.14. The largest absolute Gasteiger partial charge is 0.495 e. The molecule has 0 saturated heterocycles. The molecule has 1 aromatic heterocycles. The molecule has 2 N–H and O–H groups in total. The number of benzene rings is 2. The second kappa shape index (κ2) is 7.16. The number of anilines is 2. The molecule has 0 amide bonds. The lowest BCUT2D eigenvalue weighted by atomic mass is 10.2. The SMILES string of the molecule is COc1cc(NC(=S)Nc2nn(C)c3ccccc23)c(OC)cc1Cl. The van der Waals surface area contributed by atoms with Gasteiger partial charge < -0.3 is 20.1 Å². The van der Waals surface area contributed by atoms with Gasteiger partial charge in [0.25, 0.3) is 0 Å². The molecule has 0 bridgehead atoms. The van der Waals surface area contributed by atoms with Crippen LogP contribution >= 0.6 is 23.8 Å². The molecular formula is C17H17ClN4O2S. The van der Waals surface area contributed by atoms with Crippen LogP contribution in [0.2, 0.25) is 5.02 Å². The Labute approximate surface area is 155 Å². The van der Waals surface area contributed by atoms with E-state index in [1.54, 1.807) is 31.0 Å². The minimum absolute atomic E-state index is 0.381. The van der Waals surface area contributed by atoms with Crippen molar-refractivity contribution < 1.29 is 9.47 Å². The van der Waals surface area contributed by atoms with Gasteiger partial charge in [-0.05, 0) is 24.4 Å². The summed E-state index contributed by atoms with van der Waals surface area (Å²) in [5.41, 5.74) is 1.65. The van der Waals surface area contributed by atoms with E-state index < -0.39 is 0 Å². The number of thiocarbonyl (C=S) groups is 1. The molecule has 3 rings (SSSR count). The van der Waals surface area contributed by atoms with Crippen molar-refractivity contribution in [2.75, 3.05) is 24.9 Å². The first-order valence-corrected chi connectivity index (χ1v) is 8.23. The number of aryl methyl sites for hydroxylation is 1. The first kappa shape index (κ1) is 17.3. The summed E-state index contributed by atoms with van der Waals surface area (Å²) in [4.78, 5) is 0. The second-order valence-electron chi connectivity index (χ2n) is 5.26. The van der Waals surface area contributed by atoms with Gasteiger partial charge in [-0.2, -0.15) is 5.10 Å². The van der Waals surface area contributed by atoms with Gasteiger partial charge in [-0.15, -0.1) is 0 Å². The molecule has 0 aliphatic carbocycles. The lowest BCUT2D eigenvalue weighted by Crippen LogP contribution is -2.20. The van der Waals surface area contributed by atoms with Crippen LogP contribution in [0.15, 0.2) is 36.4 Å². The standard InChI is InChI=1S/C17H17ClN4O2S/c1-22-13-7-5-4-6-10(13)16(21-22)20-17(25)19-12-9-14(23-2)11(18)8-15(12)24-3/h4-9H,1-3H3,(H2,19,20,21,25). The number of aromatic nitrogens is 2. The first-order valence-electron chi connectivity index (χ1n) is 7.44. The van der Waals surface area contributed by atoms with Crippen molar-refractivity contribution >= 4 is 51.3 Å². The minimum atomic E-state index is 0.381. The Morgan fingerprint density at radius 2 is 1.84 bits per heavy atom. The Bertz CT molecular complexity index is 942. The van der Waals surface area contributed by atoms with Gasteiger partial charge >= 0.3 is 0 Å². The molecule has 0 saturated carbocycles. The van der Waals surface area contributed by atoms with Crippen LogP contribution in [0.3, 0.4) is 0 Å². The molecule has 0 atom stereocenters. The fraction of sp³-hybridized carbons (Fsp3) is 0.176. The molecule has 2 aromatic carbocycles. The van der Waals surface area contributed by atoms with Crippen LogP contribution in [0, 0.1) is 0 Å². The molecular weight excluding hydrogens is 360 g/mol. The summed E-state index contributed by atoms with van der Waals surface area (Å²) in [7, 11) is 5.00. The van der Waals surface area contributed by atoms with Gasteiger partial charge in [0.05, 0.1) is 30.4 Å². The average molecular weight is 377 g/mol. The maximum absolute atomic E-state index is 6.12. The molecule has 0 radical (unpaired) electrons. The topological polar surface area (TPSA) is 60.3 Å². The van der Waals surface area contributed by atoms with Crippen LogP contribution in [0.4, 0.5) is 11.5 Å². The highest BCUT2D eigenvalue weighted by Crippen LogP contribution is 2.36. The van der Waals surface area contributed by atoms with Crippen molar-refractivity contribution in [2.45, 2.75) is 0 Å². The van der Waals surface area contributed by atoms with Crippen molar-refractivity contribution in [2.24, 2.45) is 7.05 Å². The number of hydrogen-bond acceptors (Lipinski definition) is 4. The summed E-state index contributed by atoms with van der Waals surface area (Å²) >= 11 is 11.5. The Morgan fingerprint density at radius 1 is 1.12 bits per heavy atom. The monoisotopic (exact) mass is 376 g/mol. The molecule has 0 fully saturated rings. The zero-order chi connectivity index (χ0) is 18.0. The smallest absolute Gasteiger partial charge is 0.176 e. The molecule has 25 heavy (non-hydrogen) atoms. The van der Waals surface area contributed by atoms with Gasteiger partial charge in [0.2, 0.25) is 0 Å². The van der Waals surface area contributed by atoms with E-state index in [2.05, 4.69) is 15.7 Å². The van der Waals surface area contributed by atoms with Crippen molar-refractivity contribution in [3.05, 3.63) is 41.4 Å². The highest BCUT2D eigenvalue weighted by molar-refractivity contribution is 7.80. The van der Waals surface area contributed by atoms with Crippen LogP contribution in [0.1, 0.15) is 0 Å². The lowest BCUT2D eigenvalue weighted by molar-refractivity contribution is 0.405. The van der Waals surface area contributed by atoms with E-state index in [1.807, 2.05) is 31.3 Å². The van der Waals surface area contributed by atoms with Crippen LogP contribution < -0.4 is 20.1 Å². The highest BCUT2D eigenvalue weighted by atomic mass is 35.5. The molecule has 0 spiro atoms. The van der Waals surface area contributed by atoms with Gasteiger partial charge in [-0.25, -0.2) is 0 Å². The van der Waals surface area contributed by atoms with Crippen LogP contribution in [0.25, 0.3) is 10.9 Å². The number of para-hydroxylation sites is 1. The van der Waals surface area contributed by atoms with E-state index in [4.69, 9.17) is 33.3 Å². The van der Waals surface area contributed by atoms with E-state index in [1.165, 1.54) is 0 Å². The summed E-state index contributed by atoms with van der Waals surface area (Å²) < 4.78 is 12.4. The van der Waals surface area contributed by atoms with E-state index in [0.29, 0.717) is 33.1 Å². The number of nitrogens with one attached hydrogen (secondary N) is 2. The maximum atomic E-state index is 6.12. The molecule has 3 aromatic rings. The van der Waals surface area contributed by atoms with E-state index in [9.17, 15) is 0 Å². The third-order valence-corrected chi connectivity index (χ3v) is 4.21. The van der Waals surface area contributed by atoms with Crippen molar-refractivity contribution in [1.82, 2.24) is 9.78 Å². The first-order chi connectivity index (χ1) is 12.0. The molecule has 130 valence electrons. The fourth-order valence-corrected chi connectivity index (χ4v) is 2.96. The molecule has 0 unspecified atom stereocenters. The second-order valence-corrected chi connectivity index (χ2v) is 6.07. The fourth-order valence-electron chi connectivity index (χ4n) is 2.53. The van der Waals surface area contributed by atoms with Crippen LogP contribution in [-0.2, 0) is 7.05 Å². The predicted molar refractivity (Wildman–Crippen MR) is 105 cm³/mol. The highest BCUT2D eigenvalue weighted by Gasteiger charge is 2.13. The van der Waals surface area contributed by atoms with E-state index >= 15 is 0 Å². The van der Waals surface area contributed by atoms with E-state index in [0.717, 1.165) is 10.9 Å². The molecule has 0 aliphatic heterocycles. The molecule has 8 heteroatoms. The van der Waals surface area contributed by atoms with E-state index in [-0.39, 0.29) is 0 Å². The van der Waals surface area contributed by atoms with Gasteiger partial charge in [-0.3, -0.25) is 4.68 Å². The van der Waals surface area contributed by atoms with Crippen molar-refractivity contribution in [3.63, 3.8) is 0 Å².